The summed E-state index contributed by atoms with van der Waals surface area (Å²) in [5.74, 6) is -5.23. The molecule has 0 rings (SSSR count). The molecular weight excluding hydrogens is 424 g/mol. The van der Waals surface area contributed by atoms with Gasteiger partial charge in [0.15, 0.2) is 0 Å². The molecule has 0 saturated carbocycles. The molecule has 13 nitrogen and oxygen atoms in total. The molecule has 0 aromatic heterocycles. The van der Waals surface area contributed by atoms with E-state index in [0.717, 1.165) is 0 Å². The summed E-state index contributed by atoms with van der Waals surface area (Å²) in [7, 11) is 0. The van der Waals surface area contributed by atoms with Gasteiger partial charge in [0.1, 0.15) is 18.1 Å². The number of carboxylic acids is 1. The molecule has 0 aromatic rings. The smallest absolute Gasteiger partial charge is 0.325 e. The average Bonchev–Trinajstić information content (AvgIpc) is 2.71. The van der Waals surface area contributed by atoms with Crippen LogP contribution in [0.25, 0.3) is 0 Å². The van der Waals surface area contributed by atoms with Gasteiger partial charge in [-0.1, -0.05) is 20.3 Å². The van der Waals surface area contributed by atoms with Gasteiger partial charge in [-0.05, 0) is 25.7 Å². The normalized spacial score (nSPS) is 15.4. The fourth-order valence-corrected chi connectivity index (χ4v) is 2.54. The van der Waals surface area contributed by atoms with Crippen LogP contribution in [0.5, 0.6) is 0 Å². The molecule has 13 heteroatoms. The Balaban J connectivity index is 5.51. The third-order valence-corrected chi connectivity index (χ3v) is 4.91. The summed E-state index contributed by atoms with van der Waals surface area (Å²) in [6, 6.07) is -4.72. The third kappa shape index (κ3) is 10.7. The number of carbonyl (C=O) groups excluding carboxylic acids is 5. The molecule has 5 amide bonds. The highest BCUT2D eigenvalue weighted by atomic mass is 16.4. The van der Waals surface area contributed by atoms with Crippen molar-refractivity contribution < 1.29 is 33.9 Å². The van der Waals surface area contributed by atoms with Crippen LogP contribution in [-0.2, 0) is 28.8 Å². The summed E-state index contributed by atoms with van der Waals surface area (Å²) >= 11 is 0. The van der Waals surface area contributed by atoms with Crippen molar-refractivity contribution in [3.63, 3.8) is 0 Å². The van der Waals surface area contributed by atoms with E-state index in [4.69, 9.17) is 22.3 Å². The SMILES string of the molecule is CCC(C)C(N)C(=O)NC(CCC(N)=O)C(=O)NC(CCC(N)=O)C(=O)NC(C)C(=O)O. The number of amides is 5. The zero-order valence-electron chi connectivity index (χ0n) is 18.6. The first-order valence-corrected chi connectivity index (χ1v) is 10.3. The van der Waals surface area contributed by atoms with Gasteiger partial charge in [-0.15, -0.1) is 0 Å². The molecule has 5 atom stereocenters. The minimum atomic E-state index is -1.31. The molecule has 0 fully saturated rings. The van der Waals surface area contributed by atoms with Gasteiger partial charge in [-0.3, -0.25) is 28.8 Å². The topological polar surface area (TPSA) is 237 Å². The molecule has 0 aliphatic carbocycles. The van der Waals surface area contributed by atoms with Crippen molar-refractivity contribution >= 4 is 35.5 Å². The van der Waals surface area contributed by atoms with Crippen molar-refractivity contribution in [2.45, 2.75) is 77.0 Å². The number of carbonyl (C=O) groups is 6. The van der Waals surface area contributed by atoms with E-state index in [1.54, 1.807) is 6.92 Å². The lowest BCUT2D eigenvalue weighted by molar-refractivity contribution is -0.142. The summed E-state index contributed by atoms with van der Waals surface area (Å²) in [5.41, 5.74) is 16.1. The summed E-state index contributed by atoms with van der Waals surface area (Å²) in [6.45, 7) is 4.82. The molecule has 0 radical (unpaired) electrons. The standard InChI is InChI=1S/C19H34N6O7/c1-4-9(2)15(22)18(30)25-12(6-8-14(21)27)17(29)24-11(5-7-13(20)26)16(28)23-10(3)19(31)32/h9-12,15H,4-8,22H2,1-3H3,(H2,20,26)(H2,21,27)(H,23,28)(H,24,29)(H,25,30)(H,31,32). The fourth-order valence-electron chi connectivity index (χ4n) is 2.54. The van der Waals surface area contributed by atoms with E-state index in [1.807, 2.05) is 6.92 Å². The van der Waals surface area contributed by atoms with Crippen LogP contribution in [0, 0.1) is 5.92 Å². The van der Waals surface area contributed by atoms with Crippen molar-refractivity contribution in [3.8, 4) is 0 Å². The van der Waals surface area contributed by atoms with Crippen molar-refractivity contribution in [1.82, 2.24) is 16.0 Å². The highest BCUT2D eigenvalue weighted by Crippen LogP contribution is 2.08. The van der Waals surface area contributed by atoms with Gasteiger partial charge >= 0.3 is 5.97 Å². The summed E-state index contributed by atoms with van der Waals surface area (Å²) < 4.78 is 0. The summed E-state index contributed by atoms with van der Waals surface area (Å²) in [4.78, 5) is 70.9. The van der Waals surface area contributed by atoms with Crippen molar-refractivity contribution in [2.75, 3.05) is 0 Å². The number of carboxylic acid groups (broad SMARTS) is 1. The Morgan fingerprint density at radius 3 is 1.56 bits per heavy atom. The molecule has 0 aliphatic rings. The largest absolute Gasteiger partial charge is 0.480 e. The van der Waals surface area contributed by atoms with Gasteiger partial charge in [0.25, 0.3) is 0 Å². The molecule has 0 heterocycles. The van der Waals surface area contributed by atoms with Crippen LogP contribution >= 0.6 is 0 Å². The average molecular weight is 459 g/mol. The number of hydrogen-bond donors (Lipinski definition) is 7. The fraction of sp³-hybridized carbons (Fsp3) is 0.684. The third-order valence-electron chi connectivity index (χ3n) is 4.91. The highest BCUT2D eigenvalue weighted by Gasteiger charge is 2.30. The predicted molar refractivity (Wildman–Crippen MR) is 113 cm³/mol. The zero-order chi connectivity index (χ0) is 25.0. The number of hydrogen-bond acceptors (Lipinski definition) is 7. The number of nitrogens with two attached hydrogens (primary N) is 3. The number of primary amides is 2. The lowest BCUT2D eigenvalue weighted by Crippen LogP contribution is -2.57. The first kappa shape index (κ1) is 28.8. The summed E-state index contributed by atoms with van der Waals surface area (Å²) in [6.07, 6.45) is -0.246. The van der Waals surface area contributed by atoms with Crippen LogP contribution in [0.1, 0.15) is 52.9 Å². The second-order valence-corrected chi connectivity index (χ2v) is 7.61. The highest BCUT2D eigenvalue weighted by molar-refractivity contribution is 5.94. The van der Waals surface area contributed by atoms with Gasteiger partial charge in [-0.25, -0.2) is 0 Å². The van der Waals surface area contributed by atoms with Crippen molar-refractivity contribution in [3.05, 3.63) is 0 Å². The van der Waals surface area contributed by atoms with Gasteiger partial charge in [-0.2, -0.15) is 0 Å². The Bertz CT molecular complexity index is 714. The second-order valence-electron chi connectivity index (χ2n) is 7.61. The maximum absolute atomic E-state index is 12.8. The number of aliphatic carboxylic acids is 1. The molecule has 0 saturated heterocycles. The molecule has 0 aliphatic heterocycles. The Hall–Kier alpha value is -3.22. The number of nitrogens with one attached hydrogen (secondary N) is 3. The van der Waals surface area contributed by atoms with E-state index in [1.165, 1.54) is 6.92 Å². The Labute approximate surface area is 186 Å². The van der Waals surface area contributed by atoms with Crippen LogP contribution in [0.15, 0.2) is 0 Å². The molecule has 5 unspecified atom stereocenters. The number of rotatable bonds is 15. The minimum absolute atomic E-state index is 0.157. The maximum atomic E-state index is 12.8. The van der Waals surface area contributed by atoms with Gasteiger partial charge in [0.2, 0.25) is 29.5 Å². The van der Waals surface area contributed by atoms with Crippen LogP contribution in [0.4, 0.5) is 0 Å². The van der Waals surface area contributed by atoms with E-state index in [-0.39, 0.29) is 31.6 Å². The van der Waals surface area contributed by atoms with Crippen LogP contribution in [0.3, 0.4) is 0 Å². The second kappa shape index (κ2) is 14.0. The van der Waals surface area contributed by atoms with Crippen LogP contribution in [0.2, 0.25) is 0 Å². The lowest BCUT2D eigenvalue weighted by atomic mass is 9.98. The first-order valence-electron chi connectivity index (χ1n) is 10.3. The molecule has 10 N–H and O–H groups in total. The molecule has 182 valence electrons. The quantitative estimate of drug-likeness (QED) is 0.137. The monoisotopic (exact) mass is 458 g/mol. The van der Waals surface area contributed by atoms with Crippen LogP contribution in [-0.4, -0.2) is 64.8 Å². The Morgan fingerprint density at radius 2 is 1.19 bits per heavy atom. The van der Waals surface area contributed by atoms with E-state index in [9.17, 15) is 28.8 Å². The van der Waals surface area contributed by atoms with E-state index in [2.05, 4.69) is 16.0 Å². The van der Waals surface area contributed by atoms with Gasteiger partial charge < -0.3 is 38.3 Å². The van der Waals surface area contributed by atoms with Crippen molar-refractivity contribution in [1.29, 1.82) is 0 Å². The Kier molecular flexibility index (Phi) is 12.6. The first-order chi connectivity index (χ1) is 14.8. The predicted octanol–water partition coefficient (Wildman–Crippen LogP) is -2.55. The van der Waals surface area contributed by atoms with Crippen LogP contribution < -0.4 is 33.2 Å². The van der Waals surface area contributed by atoms with Gasteiger partial charge in [0, 0.05) is 12.8 Å². The van der Waals surface area contributed by atoms with E-state index >= 15 is 0 Å². The molecular formula is C19H34N6O7. The lowest BCUT2D eigenvalue weighted by Gasteiger charge is -2.25. The summed E-state index contributed by atoms with van der Waals surface area (Å²) in [5, 5.41) is 16.0. The Morgan fingerprint density at radius 1 is 0.781 bits per heavy atom. The molecule has 0 aromatic carbocycles. The molecule has 0 spiro atoms. The van der Waals surface area contributed by atoms with E-state index < -0.39 is 59.7 Å². The molecule has 0 bridgehead atoms. The van der Waals surface area contributed by atoms with E-state index in [0.29, 0.717) is 6.42 Å². The molecule has 32 heavy (non-hydrogen) atoms. The maximum Gasteiger partial charge on any atom is 0.325 e. The van der Waals surface area contributed by atoms with Gasteiger partial charge in [0.05, 0.1) is 6.04 Å². The van der Waals surface area contributed by atoms with Crippen molar-refractivity contribution in [2.24, 2.45) is 23.1 Å². The minimum Gasteiger partial charge on any atom is -0.480 e. The zero-order valence-corrected chi connectivity index (χ0v) is 18.6.